The molecule has 18 nitrogen and oxygen atoms in total. The van der Waals surface area contributed by atoms with E-state index in [2.05, 4.69) is 10.3 Å². The van der Waals surface area contributed by atoms with Crippen LogP contribution in [0.4, 0.5) is 0 Å². The summed E-state index contributed by atoms with van der Waals surface area (Å²) < 4.78 is 0. The second-order valence-corrected chi connectivity index (χ2v) is 12.7. The Bertz CT molecular complexity index is 1310. The van der Waals surface area contributed by atoms with Gasteiger partial charge in [-0.1, -0.05) is 0 Å². The summed E-state index contributed by atoms with van der Waals surface area (Å²) in [6.45, 7) is 3.56. The molecule has 3 heterocycles. The van der Waals surface area contributed by atoms with Gasteiger partial charge in [-0.2, -0.15) is 0 Å². The maximum Gasteiger partial charge on any atom is 0.475 e. The summed E-state index contributed by atoms with van der Waals surface area (Å²) in [5.41, 5.74) is 0.776. The number of Topliss-reactive ketones (excluding diaryl/α,β-unsaturated/α-hetero) is 1. The van der Waals surface area contributed by atoms with E-state index in [0.29, 0.717) is 57.7 Å². The maximum absolute atomic E-state index is 13.1. The number of pyridine rings is 1. The molecular weight excluding hydrogens is 832 g/mol. The topological polar surface area (TPSA) is 245 Å². The molecule has 51 heavy (non-hydrogen) atoms. The zero-order valence-electron chi connectivity index (χ0n) is 28.6. The Kier molecular flexibility index (Phi) is 19.4. The van der Waals surface area contributed by atoms with Gasteiger partial charge in [0, 0.05) is 114 Å². The fourth-order valence-electron chi connectivity index (χ4n) is 6.05. The number of aliphatic carboxylic acids is 3. The molecule has 0 aromatic carbocycles. The Balaban J connectivity index is 0.00000901. The van der Waals surface area contributed by atoms with Gasteiger partial charge in [-0.3, -0.25) is 53.4 Å². The van der Waals surface area contributed by atoms with Gasteiger partial charge < -0.3 is 35.6 Å². The molecule has 2 aliphatic heterocycles. The second kappa shape index (κ2) is 22.3. The molecule has 2 fully saturated rings. The summed E-state index contributed by atoms with van der Waals surface area (Å²) in [6, 6.07) is 2.26. The number of amides is 2. The molecule has 0 spiro atoms. The van der Waals surface area contributed by atoms with Crippen molar-refractivity contribution in [1.29, 1.82) is 0 Å². The predicted octanol–water partition coefficient (Wildman–Crippen LogP) is -2.82. The number of likely N-dealkylation sites (tertiary alicyclic amines) is 1. The first-order valence-electron chi connectivity index (χ1n) is 16.7. The fourth-order valence-corrected chi connectivity index (χ4v) is 6.05. The predicted molar refractivity (Wildman–Crippen MR) is 178 cm³/mol. The molecule has 6 N–H and O–H groups in total. The van der Waals surface area contributed by atoms with Crippen LogP contribution in [0, 0.1) is 36.9 Å². The quantitative estimate of drug-likeness (QED) is 0.0974. The molecule has 291 valence electrons. The fraction of sp³-hybridized carbons (Fsp3) is 0.645. The number of carboxylic acids is 3. The van der Waals surface area contributed by atoms with E-state index in [1.165, 1.54) is 24.1 Å². The average molecular weight is 881 g/mol. The van der Waals surface area contributed by atoms with E-state index in [9.17, 15) is 54.1 Å². The molecular formula is C31H48BLuN7O11. The first-order chi connectivity index (χ1) is 23.7. The van der Waals surface area contributed by atoms with Gasteiger partial charge in [-0.15, -0.1) is 0 Å². The van der Waals surface area contributed by atoms with Gasteiger partial charge in [0.25, 0.3) is 5.91 Å². The van der Waals surface area contributed by atoms with Crippen molar-refractivity contribution >= 4 is 42.6 Å². The van der Waals surface area contributed by atoms with Gasteiger partial charge in [0.05, 0.1) is 37.7 Å². The maximum atomic E-state index is 13.1. The summed E-state index contributed by atoms with van der Waals surface area (Å²) >= 11 is 0. The van der Waals surface area contributed by atoms with E-state index in [4.69, 9.17) is 0 Å². The van der Waals surface area contributed by atoms with Crippen molar-refractivity contribution in [3.05, 3.63) is 29.6 Å². The van der Waals surface area contributed by atoms with Gasteiger partial charge in [0.1, 0.15) is 11.8 Å². The van der Waals surface area contributed by atoms with Crippen LogP contribution in [0.15, 0.2) is 18.3 Å². The standard InChI is InChI=1S/C31H48BN7O11.Lu/c1-22(31(48)39-8-2-3-26(39)32(49)50)34-30(47)23-4-5-24(33-17-23)6-7-25(40)18-35-9-11-36(19-27(41)42)13-15-38(21-29(45)46)16-14-37(12-10-35)20-28(43)44;/h4-5,17,22,26,49-50H,2-3,6-16,18-21H2,1H3,(H,34,47)(H,41,42)(H,43,44)(H,45,46);/t22-,26+;/m1./s1. The van der Waals surface area contributed by atoms with Gasteiger partial charge in [-0.05, 0) is 38.3 Å². The Morgan fingerprint density at radius 2 is 1.25 bits per heavy atom. The molecule has 2 saturated heterocycles. The average Bonchev–Trinajstić information content (AvgIpc) is 3.55. The molecule has 0 saturated carbocycles. The van der Waals surface area contributed by atoms with Gasteiger partial charge in [0.15, 0.2) is 0 Å². The number of carbonyl (C=O) groups is 6. The van der Waals surface area contributed by atoms with Crippen molar-refractivity contribution < 1.29 is 91.0 Å². The van der Waals surface area contributed by atoms with Crippen molar-refractivity contribution in [3.8, 4) is 0 Å². The third kappa shape index (κ3) is 15.8. The van der Waals surface area contributed by atoms with Crippen LogP contribution in [0.25, 0.3) is 0 Å². The number of ketones is 1. The van der Waals surface area contributed by atoms with Crippen LogP contribution in [0.5, 0.6) is 0 Å². The monoisotopic (exact) mass is 880 g/mol. The number of carboxylic acid groups (broad SMARTS) is 3. The molecule has 0 bridgehead atoms. The van der Waals surface area contributed by atoms with Gasteiger partial charge in [-0.25, -0.2) is 0 Å². The molecule has 1 aromatic heterocycles. The van der Waals surface area contributed by atoms with Crippen LogP contribution in [0.3, 0.4) is 0 Å². The molecule has 2 aliphatic rings. The molecule has 3 rings (SSSR count). The van der Waals surface area contributed by atoms with Crippen molar-refractivity contribution in [3.63, 3.8) is 0 Å². The van der Waals surface area contributed by atoms with Gasteiger partial charge >= 0.3 is 25.0 Å². The molecule has 0 aliphatic carbocycles. The van der Waals surface area contributed by atoms with Crippen molar-refractivity contribution in [1.82, 2.24) is 34.8 Å². The summed E-state index contributed by atoms with van der Waals surface area (Å²) in [5, 5.41) is 49.8. The minimum absolute atomic E-state index is 0. The summed E-state index contributed by atoms with van der Waals surface area (Å²) in [5.74, 6) is -4.87. The first kappa shape index (κ1) is 44.4. The van der Waals surface area contributed by atoms with E-state index in [0.717, 1.165) is 0 Å². The number of carbonyl (C=O) groups excluding carboxylic acids is 3. The normalized spacial score (nSPS) is 19.2. The Hall–Kier alpha value is -2.77. The third-order valence-corrected chi connectivity index (χ3v) is 8.80. The van der Waals surface area contributed by atoms with Crippen molar-refractivity contribution in [2.75, 3.05) is 85.1 Å². The van der Waals surface area contributed by atoms with E-state index < -0.39 is 48.8 Å². The smallest absolute Gasteiger partial charge is 0.475 e. The van der Waals surface area contributed by atoms with E-state index in [-0.39, 0.29) is 107 Å². The van der Waals surface area contributed by atoms with Crippen molar-refractivity contribution in [2.45, 2.75) is 44.6 Å². The molecule has 2 amide bonds. The van der Waals surface area contributed by atoms with Crippen LogP contribution in [-0.2, 0) is 30.4 Å². The minimum atomic E-state index is -1.66. The van der Waals surface area contributed by atoms with Crippen LogP contribution < -0.4 is 5.32 Å². The Morgan fingerprint density at radius 3 is 1.67 bits per heavy atom. The second-order valence-electron chi connectivity index (χ2n) is 12.7. The van der Waals surface area contributed by atoms with E-state index in [1.54, 1.807) is 20.8 Å². The number of aromatic nitrogens is 1. The molecule has 0 unspecified atom stereocenters. The molecule has 1 aromatic rings. The molecule has 2 atom stereocenters. The number of aryl methyl sites for hydroxylation is 1. The SMILES string of the molecule is C[C@@H](NC(=O)c1ccc(CCC(=O)CN2CCN(CC(=O)O)CCN(CC(=O)O)CCN(CC(=O)O)CC2)nc1)C(=O)N1CCC[C@H]1B(O)O.[Lu]. The van der Waals surface area contributed by atoms with Gasteiger partial charge in [0.2, 0.25) is 5.91 Å². The summed E-state index contributed by atoms with van der Waals surface area (Å²) in [6.07, 6.45) is 2.87. The number of nitrogens with zero attached hydrogens (tertiary/aromatic N) is 6. The first-order valence-corrected chi connectivity index (χ1v) is 16.7. The third-order valence-electron chi connectivity index (χ3n) is 8.80. The minimum Gasteiger partial charge on any atom is -0.480 e. The Labute approximate surface area is 326 Å². The number of hydrogen-bond acceptors (Lipinski definition) is 13. The molecule has 1 radical (unpaired) electrons. The molecule has 20 heteroatoms. The van der Waals surface area contributed by atoms with E-state index in [1.807, 2.05) is 4.90 Å². The van der Waals surface area contributed by atoms with Crippen LogP contribution >= 0.6 is 0 Å². The summed E-state index contributed by atoms with van der Waals surface area (Å²) in [4.78, 5) is 85.6. The Morgan fingerprint density at radius 1 is 0.784 bits per heavy atom. The number of nitrogens with one attached hydrogen (secondary N) is 1. The van der Waals surface area contributed by atoms with E-state index >= 15 is 0 Å². The largest absolute Gasteiger partial charge is 0.480 e. The number of hydrogen-bond donors (Lipinski definition) is 6. The number of rotatable bonds is 15. The zero-order chi connectivity index (χ0) is 36.8. The van der Waals surface area contributed by atoms with Crippen LogP contribution in [-0.4, -0.2) is 195 Å². The van der Waals surface area contributed by atoms with Crippen LogP contribution in [0.1, 0.15) is 42.2 Å². The van der Waals surface area contributed by atoms with Crippen LogP contribution in [0.2, 0.25) is 0 Å². The zero-order valence-corrected chi connectivity index (χ0v) is 30.3. The van der Waals surface area contributed by atoms with Crippen molar-refractivity contribution in [2.24, 2.45) is 0 Å². The summed E-state index contributed by atoms with van der Waals surface area (Å²) in [7, 11) is -1.66.